The van der Waals surface area contributed by atoms with E-state index in [1.165, 1.54) is 6.92 Å². The van der Waals surface area contributed by atoms with Crippen molar-refractivity contribution >= 4 is 34.6 Å². The van der Waals surface area contributed by atoms with Gasteiger partial charge in [0.25, 0.3) is 5.91 Å². The summed E-state index contributed by atoms with van der Waals surface area (Å²) in [5.74, 6) is -0.0593. The maximum Gasteiger partial charge on any atom is 0.255 e. The topological polar surface area (TPSA) is 67.9 Å². The van der Waals surface area contributed by atoms with Gasteiger partial charge in [-0.05, 0) is 43.2 Å². The van der Waals surface area contributed by atoms with Crippen LogP contribution in [0.3, 0.4) is 0 Å². The highest BCUT2D eigenvalue weighted by molar-refractivity contribution is 6.03. The highest BCUT2D eigenvalue weighted by Crippen LogP contribution is 2.35. The maximum atomic E-state index is 13.0. The molecule has 7 heteroatoms. The molecule has 1 heterocycles. The summed E-state index contributed by atoms with van der Waals surface area (Å²) >= 11 is 0. The second-order valence-electron chi connectivity index (χ2n) is 8.51. The van der Waals surface area contributed by atoms with Crippen LogP contribution in [-0.2, 0) is 4.79 Å². The summed E-state index contributed by atoms with van der Waals surface area (Å²) in [4.78, 5) is 30.9. The summed E-state index contributed by atoms with van der Waals surface area (Å²) in [5.41, 5.74) is 5.67. The van der Waals surface area contributed by atoms with Gasteiger partial charge in [0.2, 0.25) is 5.91 Å². The van der Waals surface area contributed by atoms with Gasteiger partial charge in [-0.2, -0.15) is 0 Å². The van der Waals surface area contributed by atoms with Crippen molar-refractivity contribution in [3.63, 3.8) is 0 Å². The van der Waals surface area contributed by atoms with Crippen LogP contribution < -0.4 is 20.4 Å². The van der Waals surface area contributed by atoms with Gasteiger partial charge in [-0.1, -0.05) is 19.1 Å². The minimum atomic E-state index is -0.0748. The van der Waals surface area contributed by atoms with E-state index in [0.29, 0.717) is 0 Å². The normalized spacial score (nSPS) is 13.7. The number of rotatable bonds is 7. The van der Waals surface area contributed by atoms with Crippen molar-refractivity contribution in [2.24, 2.45) is 0 Å². The zero-order chi connectivity index (χ0) is 23.3. The Kier molecular flexibility index (Phi) is 7.62. The minimum Gasteiger partial charge on any atom is -0.383 e. The first-order valence-electron chi connectivity index (χ1n) is 11.3. The van der Waals surface area contributed by atoms with E-state index in [9.17, 15) is 9.59 Å². The second-order valence-corrected chi connectivity index (χ2v) is 8.51. The van der Waals surface area contributed by atoms with E-state index in [1.807, 2.05) is 37.3 Å². The number of benzene rings is 2. The fourth-order valence-electron chi connectivity index (χ4n) is 4.13. The van der Waals surface area contributed by atoms with Crippen LogP contribution in [0.25, 0.3) is 0 Å². The molecule has 1 aliphatic heterocycles. The number of nitrogens with one attached hydrogen (secondary N) is 2. The third-order valence-corrected chi connectivity index (χ3v) is 5.61. The summed E-state index contributed by atoms with van der Waals surface area (Å²) < 4.78 is 0. The summed E-state index contributed by atoms with van der Waals surface area (Å²) in [6.07, 6.45) is 1.01. The Hall–Kier alpha value is -3.22. The van der Waals surface area contributed by atoms with Gasteiger partial charge < -0.3 is 25.3 Å². The van der Waals surface area contributed by atoms with Gasteiger partial charge in [-0.15, -0.1) is 0 Å². The van der Waals surface area contributed by atoms with E-state index in [0.717, 1.165) is 73.0 Å². The molecule has 0 aliphatic carbocycles. The van der Waals surface area contributed by atoms with Crippen LogP contribution in [0.5, 0.6) is 0 Å². The molecule has 2 amide bonds. The lowest BCUT2D eigenvalue weighted by Crippen LogP contribution is -2.47. The first-order valence-corrected chi connectivity index (χ1v) is 11.3. The van der Waals surface area contributed by atoms with Gasteiger partial charge in [0.1, 0.15) is 0 Å². The molecular formula is C25H35N5O2. The fourth-order valence-corrected chi connectivity index (χ4v) is 4.13. The number of amides is 2. The highest BCUT2D eigenvalue weighted by Gasteiger charge is 2.26. The van der Waals surface area contributed by atoms with Crippen LogP contribution in [0.2, 0.25) is 0 Å². The zero-order valence-corrected chi connectivity index (χ0v) is 19.9. The number of hydrogen-bond donors (Lipinski definition) is 2. The number of nitrogens with zero attached hydrogens (tertiary/aromatic N) is 3. The smallest absolute Gasteiger partial charge is 0.255 e. The molecule has 3 rings (SSSR count). The standard InChI is InChI=1S/C25H35N5O2/c1-6-11-26-22-17-18(2)16-20(25(32)28(4)5)24(22)30-14-12-29(13-15-30)23-10-8-7-9-21(23)27-19(3)31/h7-10,16-17,26H,6,11-15H2,1-5H3,(H,27,31). The van der Waals surface area contributed by atoms with Crippen LogP contribution in [0, 0.1) is 6.92 Å². The lowest BCUT2D eigenvalue weighted by Gasteiger charge is -2.39. The molecule has 2 N–H and O–H groups in total. The molecule has 0 saturated carbocycles. The van der Waals surface area contributed by atoms with Crippen LogP contribution in [0.4, 0.5) is 22.7 Å². The van der Waals surface area contributed by atoms with Crippen molar-refractivity contribution in [1.82, 2.24) is 4.90 Å². The lowest BCUT2D eigenvalue weighted by molar-refractivity contribution is -0.114. The van der Waals surface area contributed by atoms with E-state index in [-0.39, 0.29) is 11.8 Å². The Morgan fingerprint density at radius 3 is 2.28 bits per heavy atom. The zero-order valence-electron chi connectivity index (χ0n) is 19.9. The molecular weight excluding hydrogens is 402 g/mol. The highest BCUT2D eigenvalue weighted by atomic mass is 16.2. The van der Waals surface area contributed by atoms with E-state index >= 15 is 0 Å². The number of carbonyl (C=O) groups excluding carboxylic acids is 2. The Morgan fingerprint density at radius 2 is 1.66 bits per heavy atom. The summed E-state index contributed by atoms with van der Waals surface area (Å²) in [5, 5.41) is 6.47. The Morgan fingerprint density at radius 1 is 1.00 bits per heavy atom. The molecule has 1 fully saturated rings. The van der Waals surface area contributed by atoms with Crippen molar-refractivity contribution in [3.8, 4) is 0 Å². The monoisotopic (exact) mass is 437 g/mol. The predicted molar refractivity (Wildman–Crippen MR) is 133 cm³/mol. The Bertz CT molecular complexity index is 965. The first kappa shape index (κ1) is 23.4. The fraction of sp³-hybridized carbons (Fsp3) is 0.440. The first-order chi connectivity index (χ1) is 15.3. The molecule has 0 radical (unpaired) electrons. The molecule has 0 spiro atoms. The predicted octanol–water partition coefficient (Wildman–Crippen LogP) is 3.80. The molecule has 0 aromatic heterocycles. The average Bonchev–Trinajstić information content (AvgIpc) is 2.77. The SMILES string of the molecule is CCCNc1cc(C)cc(C(=O)N(C)C)c1N1CCN(c2ccccc2NC(C)=O)CC1. The van der Waals surface area contributed by atoms with Crippen molar-refractivity contribution in [2.45, 2.75) is 27.2 Å². The molecule has 1 saturated heterocycles. The molecule has 1 aliphatic rings. The van der Waals surface area contributed by atoms with Gasteiger partial charge in [0.05, 0.1) is 28.3 Å². The largest absolute Gasteiger partial charge is 0.383 e. The third kappa shape index (κ3) is 5.33. The van der Waals surface area contributed by atoms with Gasteiger partial charge >= 0.3 is 0 Å². The molecule has 0 bridgehead atoms. The Labute approximate surface area is 191 Å². The molecule has 2 aromatic carbocycles. The van der Waals surface area contributed by atoms with Crippen molar-refractivity contribution < 1.29 is 9.59 Å². The van der Waals surface area contributed by atoms with Crippen molar-refractivity contribution in [3.05, 3.63) is 47.5 Å². The van der Waals surface area contributed by atoms with Gasteiger partial charge in [-0.25, -0.2) is 0 Å². The number of para-hydroxylation sites is 2. The van der Waals surface area contributed by atoms with Gasteiger partial charge in [0.15, 0.2) is 0 Å². The van der Waals surface area contributed by atoms with Crippen LogP contribution in [-0.4, -0.2) is 63.5 Å². The number of carbonyl (C=O) groups is 2. The molecule has 172 valence electrons. The summed E-state index contributed by atoms with van der Waals surface area (Å²) in [6.45, 7) is 9.72. The Balaban J connectivity index is 1.89. The third-order valence-electron chi connectivity index (χ3n) is 5.61. The molecule has 32 heavy (non-hydrogen) atoms. The number of anilines is 4. The van der Waals surface area contributed by atoms with Crippen molar-refractivity contribution in [1.29, 1.82) is 0 Å². The number of aryl methyl sites for hydroxylation is 1. The molecule has 0 atom stereocenters. The second kappa shape index (κ2) is 10.4. The van der Waals surface area contributed by atoms with Gasteiger partial charge in [0, 0.05) is 53.7 Å². The van der Waals surface area contributed by atoms with Crippen LogP contribution in [0.1, 0.15) is 36.2 Å². The van der Waals surface area contributed by atoms with Crippen LogP contribution in [0.15, 0.2) is 36.4 Å². The molecule has 7 nitrogen and oxygen atoms in total. The van der Waals surface area contributed by atoms with E-state index < -0.39 is 0 Å². The van der Waals surface area contributed by atoms with Crippen LogP contribution >= 0.6 is 0 Å². The van der Waals surface area contributed by atoms with E-state index in [4.69, 9.17) is 0 Å². The summed E-state index contributed by atoms with van der Waals surface area (Å²) in [7, 11) is 3.59. The van der Waals surface area contributed by atoms with Crippen molar-refractivity contribution in [2.75, 3.05) is 67.3 Å². The number of hydrogen-bond acceptors (Lipinski definition) is 5. The minimum absolute atomic E-state index is 0.0154. The molecule has 0 unspecified atom stereocenters. The maximum absolute atomic E-state index is 13.0. The molecule has 2 aromatic rings. The lowest BCUT2D eigenvalue weighted by atomic mass is 10.0. The van der Waals surface area contributed by atoms with E-state index in [1.54, 1.807) is 19.0 Å². The summed E-state index contributed by atoms with van der Waals surface area (Å²) in [6, 6.07) is 12.0. The van der Waals surface area contributed by atoms with Gasteiger partial charge in [-0.3, -0.25) is 9.59 Å². The quantitative estimate of drug-likeness (QED) is 0.690. The average molecular weight is 438 g/mol. The number of piperazine rings is 1. The van der Waals surface area contributed by atoms with E-state index in [2.05, 4.69) is 33.4 Å².